The fourth-order valence-electron chi connectivity index (χ4n) is 3.51. The van der Waals surface area contributed by atoms with E-state index in [9.17, 15) is 0 Å². The molecule has 0 amide bonds. The van der Waals surface area contributed by atoms with Gasteiger partial charge < -0.3 is 9.47 Å². The van der Waals surface area contributed by atoms with Crippen molar-refractivity contribution in [2.45, 2.75) is 58.8 Å². The zero-order valence-electron chi connectivity index (χ0n) is 19.6. The number of ether oxygens (including phenoxy) is 2. The van der Waals surface area contributed by atoms with E-state index in [4.69, 9.17) is 9.47 Å². The second-order valence-corrected chi connectivity index (χ2v) is 8.14. The summed E-state index contributed by atoms with van der Waals surface area (Å²) in [7, 11) is 0. The average Bonchev–Trinajstić information content (AvgIpc) is 2.85. The summed E-state index contributed by atoms with van der Waals surface area (Å²) >= 11 is 0. The number of benzene rings is 2. The Morgan fingerprint density at radius 1 is 0.625 bits per heavy atom. The molecule has 0 aliphatic carbocycles. The Balaban J connectivity index is 1.49. The minimum Gasteiger partial charge on any atom is -0.494 e. The van der Waals surface area contributed by atoms with Crippen LogP contribution in [0.15, 0.2) is 60.9 Å². The van der Waals surface area contributed by atoms with Gasteiger partial charge in [0.1, 0.15) is 5.75 Å². The molecule has 0 saturated heterocycles. The molecule has 0 fully saturated rings. The second-order valence-electron chi connectivity index (χ2n) is 8.14. The third-order valence-electron chi connectivity index (χ3n) is 5.42. The highest BCUT2D eigenvalue weighted by molar-refractivity contribution is 5.64. The third kappa shape index (κ3) is 7.76. The lowest BCUT2D eigenvalue weighted by molar-refractivity contribution is 0.127. The van der Waals surface area contributed by atoms with Crippen molar-refractivity contribution in [3.63, 3.8) is 0 Å². The van der Waals surface area contributed by atoms with E-state index in [1.807, 2.05) is 24.5 Å². The minimum atomic E-state index is 0.712. The SMILES string of the molecule is CCCCCc1ccc(-c2ncc(-c3ccc(OCCCCOCCC)cc3)cn2)cc1. The maximum absolute atomic E-state index is 5.83. The van der Waals surface area contributed by atoms with Gasteiger partial charge in [-0.2, -0.15) is 0 Å². The van der Waals surface area contributed by atoms with Gasteiger partial charge >= 0.3 is 0 Å². The number of aromatic nitrogens is 2. The molecule has 0 N–H and O–H groups in total. The number of rotatable bonds is 14. The standard InChI is InChI=1S/C28H36N2O2/c1-3-5-6-9-23-10-12-25(13-11-23)28-29-21-26(22-30-28)24-14-16-27(17-15-24)32-20-8-7-19-31-18-4-2/h10-17,21-22H,3-9,18-20H2,1-2H3. The van der Waals surface area contributed by atoms with Crippen molar-refractivity contribution in [3.05, 3.63) is 66.5 Å². The lowest BCUT2D eigenvalue weighted by atomic mass is 10.0. The van der Waals surface area contributed by atoms with Gasteiger partial charge in [0.15, 0.2) is 5.82 Å². The molecule has 170 valence electrons. The molecule has 0 saturated carbocycles. The molecule has 0 radical (unpaired) electrons. The van der Waals surface area contributed by atoms with Crippen LogP contribution in [0, 0.1) is 0 Å². The Labute approximate surface area is 193 Å². The first kappa shape index (κ1) is 23.9. The molecule has 2 aromatic carbocycles. The quantitative estimate of drug-likeness (QED) is 0.254. The van der Waals surface area contributed by atoms with Crippen molar-refractivity contribution in [1.82, 2.24) is 9.97 Å². The Hall–Kier alpha value is -2.72. The van der Waals surface area contributed by atoms with Gasteiger partial charge in [0.25, 0.3) is 0 Å². The molecular formula is C28H36N2O2. The van der Waals surface area contributed by atoms with Gasteiger partial charge in [-0.15, -0.1) is 0 Å². The van der Waals surface area contributed by atoms with Gasteiger partial charge in [-0.05, 0) is 55.4 Å². The van der Waals surface area contributed by atoms with Crippen LogP contribution in [0.1, 0.15) is 57.9 Å². The first-order valence-electron chi connectivity index (χ1n) is 12.0. The molecule has 0 spiro atoms. The predicted molar refractivity (Wildman–Crippen MR) is 132 cm³/mol. The number of aryl methyl sites for hydroxylation is 1. The third-order valence-corrected chi connectivity index (χ3v) is 5.42. The molecule has 0 aliphatic rings. The Morgan fingerprint density at radius 3 is 2.00 bits per heavy atom. The summed E-state index contributed by atoms with van der Waals surface area (Å²) in [6.45, 7) is 6.73. The molecule has 0 aliphatic heterocycles. The van der Waals surface area contributed by atoms with Crippen molar-refractivity contribution in [2.75, 3.05) is 19.8 Å². The molecule has 0 atom stereocenters. The fraction of sp³-hybridized carbons (Fsp3) is 0.429. The van der Waals surface area contributed by atoms with E-state index in [1.54, 1.807) is 0 Å². The summed E-state index contributed by atoms with van der Waals surface area (Å²) in [6.07, 6.45) is 11.8. The number of hydrogen-bond acceptors (Lipinski definition) is 4. The molecule has 4 nitrogen and oxygen atoms in total. The Kier molecular flexibility index (Phi) is 10.2. The van der Waals surface area contributed by atoms with Gasteiger partial charge in [-0.3, -0.25) is 0 Å². The van der Waals surface area contributed by atoms with Gasteiger partial charge in [0.2, 0.25) is 0 Å². The van der Waals surface area contributed by atoms with Crippen molar-refractivity contribution in [1.29, 1.82) is 0 Å². The van der Waals surface area contributed by atoms with Crippen LogP contribution in [0.2, 0.25) is 0 Å². The maximum Gasteiger partial charge on any atom is 0.159 e. The van der Waals surface area contributed by atoms with Crippen molar-refractivity contribution >= 4 is 0 Å². The zero-order chi connectivity index (χ0) is 22.4. The topological polar surface area (TPSA) is 44.2 Å². The average molecular weight is 433 g/mol. The molecule has 0 unspecified atom stereocenters. The van der Waals surface area contributed by atoms with Crippen molar-refractivity contribution in [3.8, 4) is 28.3 Å². The molecule has 4 heteroatoms. The lowest BCUT2D eigenvalue weighted by Gasteiger charge is -2.08. The Bertz CT molecular complexity index is 890. The molecular weight excluding hydrogens is 396 g/mol. The van der Waals surface area contributed by atoms with Crippen LogP contribution in [0.25, 0.3) is 22.5 Å². The largest absolute Gasteiger partial charge is 0.494 e. The van der Waals surface area contributed by atoms with Crippen LogP contribution in [0.3, 0.4) is 0 Å². The smallest absolute Gasteiger partial charge is 0.159 e. The number of hydrogen-bond donors (Lipinski definition) is 0. The van der Waals surface area contributed by atoms with Crippen LogP contribution in [-0.4, -0.2) is 29.8 Å². The van der Waals surface area contributed by atoms with Crippen LogP contribution >= 0.6 is 0 Å². The highest BCUT2D eigenvalue weighted by atomic mass is 16.5. The van der Waals surface area contributed by atoms with Crippen molar-refractivity contribution < 1.29 is 9.47 Å². The molecule has 1 heterocycles. The van der Waals surface area contributed by atoms with Gasteiger partial charge in [0, 0.05) is 36.7 Å². The van der Waals surface area contributed by atoms with E-state index in [0.717, 1.165) is 67.2 Å². The van der Waals surface area contributed by atoms with E-state index in [-0.39, 0.29) is 0 Å². The van der Waals surface area contributed by atoms with Crippen LogP contribution in [-0.2, 0) is 11.2 Å². The lowest BCUT2D eigenvalue weighted by Crippen LogP contribution is -2.01. The van der Waals surface area contributed by atoms with Crippen LogP contribution in [0.4, 0.5) is 0 Å². The first-order valence-corrected chi connectivity index (χ1v) is 12.0. The van der Waals surface area contributed by atoms with E-state index >= 15 is 0 Å². The summed E-state index contributed by atoms with van der Waals surface area (Å²) in [5.74, 6) is 1.65. The van der Waals surface area contributed by atoms with Gasteiger partial charge in [-0.25, -0.2) is 9.97 Å². The summed E-state index contributed by atoms with van der Waals surface area (Å²) < 4.78 is 11.3. The monoisotopic (exact) mass is 432 g/mol. The van der Waals surface area contributed by atoms with E-state index < -0.39 is 0 Å². The molecule has 32 heavy (non-hydrogen) atoms. The highest BCUT2D eigenvalue weighted by Crippen LogP contribution is 2.23. The number of unbranched alkanes of at least 4 members (excludes halogenated alkanes) is 3. The van der Waals surface area contributed by atoms with E-state index in [2.05, 4.69) is 60.2 Å². The first-order chi connectivity index (χ1) is 15.8. The second kappa shape index (κ2) is 13.6. The van der Waals surface area contributed by atoms with Crippen LogP contribution < -0.4 is 4.74 Å². The molecule has 3 aromatic rings. The van der Waals surface area contributed by atoms with Crippen molar-refractivity contribution in [2.24, 2.45) is 0 Å². The summed E-state index contributed by atoms with van der Waals surface area (Å²) in [4.78, 5) is 9.18. The Morgan fingerprint density at radius 2 is 1.31 bits per heavy atom. The summed E-state index contributed by atoms with van der Waals surface area (Å²) in [5, 5.41) is 0. The van der Waals surface area contributed by atoms with Crippen LogP contribution in [0.5, 0.6) is 5.75 Å². The van der Waals surface area contributed by atoms with Gasteiger partial charge in [0.05, 0.1) is 6.61 Å². The minimum absolute atomic E-state index is 0.712. The normalized spacial score (nSPS) is 10.9. The van der Waals surface area contributed by atoms with Gasteiger partial charge in [-0.1, -0.05) is 63.1 Å². The van der Waals surface area contributed by atoms with E-state index in [0.29, 0.717) is 6.61 Å². The summed E-state index contributed by atoms with van der Waals surface area (Å²) in [6, 6.07) is 16.8. The summed E-state index contributed by atoms with van der Waals surface area (Å²) in [5.41, 5.74) is 4.53. The molecule has 0 bridgehead atoms. The molecule has 1 aromatic heterocycles. The van der Waals surface area contributed by atoms with E-state index in [1.165, 1.54) is 24.8 Å². The zero-order valence-corrected chi connectivity index (χ0v) is 19.6. The number of nitrogens with zero attached hydrogens (tertiary/aromatic N) is 2. The fourth-order valence-corrected chi connectivity index (χ4v) is 3.51. The maximum atomic E-state index is 5.83. The predicted octanol–water partition coefficient (Wildman–Crippen LogP) is 7.13. The molecule has 3 rings (SSSR count). The highest BCUT2D eigenvalue weighted by Gasteiger charge is 2.05.